The molecule has 0 N–H and O–H groups in total. The summed E-state index contributed by atoms with van der Waals surface area (Å²) in [6.45, 7) is 4.30. The molecule has 5 heteroatoms. The molecule has 2 aromatic carbocycles. The van der Waals surface area contributed by atoms with E-state index >= 15 is 0 Å². The van der Waals surface area contributed by atoms with Gasteiger partial charge in [0.25, 0.3) is 0 Å². The van der Waals surface area contributed by atoms with E-state index in [0.29, 0.717) is 5.75 Å². The molecule has 0 radical (unpaired) electrons. The molecule has 3 aromatic rings. The molecule has 25 heavy (non-hydrogen) atoms. The van der Waals surface area contributed by atoms with Crippen LogP contribution in [0.5, 0.6) is 11.5 Å². The molecule has 0 aliphatic carbocycles. The maximum Gasteiger partial charge on any atom is 0.231 e. The Morgan fingerprint density at radius 2 is 1.76 bits per heavy atom. The van der Waals surface area contributed by atoms with Crippen molar-refractivity contribution in [1.82, 2.24) is 4.57 Å². The number of aliphatic imine (C=N–C) groups is 1. The number of hydrogen-bond donors (Lipinski definition) is 0. The second-order valence-corrected chi connectivity index (χ2v) is 5.93. The molecule has 0 saturated carbocycles. The van der Waals surface area contributed by atoms with Crippen LogP contribution in [0.15, 0.2) is 53.5 Å². The van der Waals surface area contributed by atoms with Crippen LogP contribution < -0.4 is 9.47 Å². The topological polar surface area (TPSA) is 35.8 Å². The zero-order valence-electron chi connectivity index (χ0n) is 14.0. The van der Waals surface area contributed by atoms with E-state index < -0.39 is 0 Å². The Morgan fingerprint density at radius 3 is 2.56 bits per heavy atom. The molecule has 1 aromatic heterocycles. The largest absolute Gasteiger partial charge is 0.454 e. The van der Waals surface area contributed by atoms with E-state index in [4.69, 9.17) is 9.47 Å². The van der Waals surface area contributed by atoms with Crippen molar-refractivity contribution in [2.45, 2.75) is 13.8 Å². The van der Waals surface area contributed by atoms with Crippen LogP contribution in [0.25, 0.3) is 5.69 Å². The molecule has 0 atom stereocenters. The molecule has 0 unspecified atom stereocenters. The van der Waals surface area contributed by atoms with Crippen LogP contribution in [0.1, 0.15) is 17.0 Å². The van der Waals surface area contributed by atoms with Gasteiger partial charge in [0.2, 0.25) is 6.79 Å². The third-order valence-corrected chi connectivity index (χ3v) is 4.26. The number of halogens is 1. The number of rotatable bonds is 3. The Balaban J connectivity index is 1.65. The zero-order chi connectivity index (χ0) is 17.4. The Bertz CT molecular complexity index is 959. The molecular weight excluding hydrogens is 319 g/mol. The maximum absolute atomic E-state index is 13.2. The number of benzene rings is 2. The summed E-state index contributed by atoms with van der Waals surface area (Å²) in [5.74, 6) is 1.22. The molecule has 4 nitrogen and oxygen atoms in total. The summed E-state index contributed by atoms with van der Waals surface area (Å²) >= 11 is 0. The maximum atomic E-state index is 13.2. The van der Waals surface area contributed by atoms with Crippen molar-refractivity contribution in [2.75, 3.05) is 6.79 Å². The highest BCUT2D eigenvalue weighted by Crippen LogP contribution is 2.35. The van der Waals surface area contributed by atoms with Gasteiger partial charge in [0.05, 0.1) is 5.69 Å². The molecule has 0 fully saturated rings. The Kier molecular flexibility index (Phi) is 3.76. The minimum atomic E-state index is -0.240. The third-order valence-electron chi connectivity index (χ3n) is 4.26. The highest BCUT2D eigenvalue weighted by Gasteiger charge is 2.13. The van der Waals surface area contributed by atoms with Gasteiger partial charge in [-0.15, -0.1) is 0 Å². The first-order valence-corrected chi connectivity index (χ1v) is 8.00. The summed E-state index contributed by atoms with van der Waals surface area (Å²) in [5, 5.41) is 0. The van der Waals surface area contributed by atoms with Gasteiger partial charge in [0.15, 0.2) is 11.5 Å². The van der Waals surface area contributed by atoms with Crippen molar-refractivity contribution in [3.8, 4) is 17.2 Å². The van der Waals surface area contributed by atoms with E-state index in [1.54, 1.807) is 12.1 Å². The summed E-state index contributed by atoms with van der Waals surface area (Å²) in [6, 6.07) is 14.2. The second kappa shape index (κ2) is 6.09. The van der Waals surface area contributed by atoms with Gasteiger partial charge >= 0.3 is 0 Å². The highest BCUT2D eigenvalue weighted by molar-refractivity contribution is 5.84. The summed E-state index contributed by atoms with van der Waals surface area (Å²) in [5.41, 5.74) is 4.86. The summed E-state index contributed by atoms with van der Waals surface area (Å²) in [4.78, 5) is 4.54. The van der Waals surface area contributed by atoms with Crippen LogP contribution in [0.3, 0.4) is 0 Å². The first-order valence-electron chi connectivity index (χ1n) is 8.00. The minimum Gasteiger partial charge on any atom is -0.454 e. The number of fused-ring (bicyclic) bond motifs is 1. The van der Waals surface area contributed by atoms with Crippen molar-refractivity contribution < 1.29 is 13.9 Å². The van der Waals surface area contributed by atoms with Gasteiger partial charge in [0, 0.05) is 34.9 Å². The SMILES string of the molecule is Cc1cc(C=Nc2ccc3c(c2)OCO3)c(C)n1-c1ccc(F)cc1. The normalized spacial score (nSPS) is 12.9. The molecule has 126 valence electrons. The van der Waals surface area contributed by atoms with Crippen molar-refractivity contribution in [3.63, 3.8) is 0 Å². The number of ether oxygens (including phenoxy) is 2. The lowest BCUT2D eigenvalue weighted by molar-refractivity contribution is 0.174. The fourth-order valence-corrected chi connectivity index (χ4v) is 3.02. The van der Waals surface area contributed by atoms with E-state index in [1.807, 2.05) is 38.3 Å². The monoisotopic (exact) mass is 336 g/mol. The van der Waals surface area contributed by atoms with Crippen molar-refractivity contribution in [2.24, 2.45) is 4.99 Å². The number of aromatic nitrogens is 1. The van der Waals surface area contributed by atoms with Crippen molar-refractivity contribution in [3.05, 3.63) is 71.3 Å². The van der Waals surface area contributed by atoms with Crippen LogP contribution in [0.2, 0.25) is 0 Å². The number of hydrogen-bond acceptors (Lipinski definition) is 3. The van der Waals surface area contributed by atoms with Gasteiger partial charge in [0.1, 0.15) is 5.82 Å². The highest BCUT2D eigenvalue weighted by atomic mass is 19.1. The van der Waals surface area contributed by atoms with Crippen LogP contribution in [0.4, 0.5) is 10.1 Å². The quantitative estimate of drug-likeness (QED) is 0.649. The van der Waals surface area contributed by atoms with Crippen LogP contribution in [-0.2, 0) is 0 Å². The lowest BCUT2D eigenvalue weighted by Gasteiger charge is -2.09. The van der Waals surface area contributed by atoms with Crippen LogP contribution in [0, 0.1) is 19.7 Å². The molecule has 0 amide bonds. The first kappa shape index (κ1) is 15.4. The lowest BCUT2D eigenvalue weighted by Crippen LogP contribution is -1.99. The average molecular weight is 336 g/mol. The predicted octanol–water partition coefficient (Wildman–Crippen LogP) is 4.71. The van der Waals surface area contributed by atoms with Gasteiger partial charge in [-0.05, 0) is 56.3 Å². The van der Waals surface area contributed by atoms with E-state index in [1.165, 1.54) is 12.1 Å². The van der Waals surface area contributed by atoms with E-state index in [0.717, 1.165) is 34.1 Å². The fraction of sp³-hybridized carbons (Fsp3) is 0.150. The smallest absolute Gasteiger partial charge is 0.231 e. The third kappa shape index (κ3) is 2.89. The molecule has 0 bridgehead atoms. The second-order valence-electron chi connectivity index (χ2n) is 5.93. The zero-order valence-corrected chi connectivity index (χ0v) is 14.0. The number of aryl methyl sites for hydroxylation is 1. The number of nitrogens with zero attached hydrogens (tertiary/aromatic N) is 2. The Labute approximate surface area is 145 Å². The molecule has 0 spiro atoms. The minimum absolute atomic E-state index is 0.240. The van der Waals surface area contributed by atoms with Gasteiger partial charge < -0.3 is 14.0 Å². The van der Waals surface area contributed by atoms with Gasteiger partial charge in [-0.25, -0.2) is 4.39 Å². The van der Waals surface area contributed by atoms with Crippen molar-refractivity contribution >= 4 is 11.9 Å². The van der Waals surface area contributed by atoms with E-state index in [-0.39, 0.29) is 12.6 Å². The molecule has 2 heterocycles. The molecule has 0 saturated heterocycles. The van der Waals surface area contributed by atoms with Crippen LogP contribution >= 0.6 is 0 Å². The summed E-state index contributed by atoms with van der Waals surface area (Å²) in [6.07, 6.45) is 1.83. The average Bonchev–Trinajstić information content (AvgIpc) is 3.18. The van der Waals surface area contributed by atoms with Crippen molar-refractivity contribution in [1.29, 1.82) is 0 Å². The standard InChI is InChI=1S/C20H17FN2O2/c1-13-9-15(14(2)23(13)18-6-3-16(21)4-7-18)11-22-17-5-8-19-20(10-17)25-12-24-19/h3-11H,12H2,1-2H3. The predicted molar refractivity (Wildman–Crippen MR) is 95.0 cm³/mol. The van der Waals surface area contributed by atoms with Gasteiger partial charge in [-0.2, -0.15) is 0 Å². The van der Waals surface area contributed by atoms with Crippen LogP contribution in [-0.4, -0.2) is 17.6 Å². The van der Waals surface area contributed by atoms with E-state index in [9.17, 15) is 4.39 Å². The Hall–Kier alpha value is -3.08. The first-order chi connectivity index (χ1) is 12.1. The summed E-state index contributed by atoms with van der Waals surface area (Å²) < 4.78 is 25.9. The fourth-order valence-electron chi connectivity index (χ4n) is 3.02. The van der Waals surface area contributed by atoms with Gasteiger partial charge in [-0.1, -0.05) is 0 Å². The Morgan fingerprint density at radius 1 is 1.00 bits per heavy atom. The van der Waals surface area contributed by atoms with E-state index in [2.05, 4.69) is 15.6 Å². The molecule has 1 aliphatic heterocycles. The molecule has 1 aliphatic rings. The lowest BCUT2D eigenvalue weighted by atomic mass is 10.2. The molecular formula is C20H17FN2O2. The summed E-state index contributed by atoms with van der Waals surface area (Å²) in [7, 11) is 0. The van der Waals surface area contributed by atoms with Gasteiger partial charge in [-0.3, -0.25) is 4.99 Å². The molecule has 4 rings (SSSR count).